The van der Waals surface area contributed by atoms with Crippen LogP contribution in [0, 0.1) is 17.8 Å². The van der Waals surface area contributed by atoms with Gasteiger partial charge in [0, 0.05) is 6.54 Å². The molecule has 14 heavy (non-hydrogen) atoms. The van der Waals surface area contributed by atoms with E-state index in [-0.39, 0.29) is 0 Å². The second-order valence-electron chi connectivity index (χ2n) is 3.89. The number of nitrogens with zero attached hydrogens (tertiary/aromatic N) is 1. The molecule has 1 aliphatic carbocycles. The van der Waals surface area contributed by atoms with Crippen LogP contribution in [0.2, 0.25) is 0 Å². The SMILES string of the molecule is CC[C@@H]1C[C@H]1CNc1cccc(F)n1. The lowest BCUT2D eigenvalue weighted by molar-refractivity contribution is 0.584. The summed E-state index contributed by atoms with van der Waals surface area (Å²) in [7, 11) is 0. The number of nitrogens with one attached hydrogen (secondary N) is 1. The van der Waals surface area contributed by atoms with Crippen molar-refractivity contribution in [2.24, 2.45) is 11.8 Å². The van der Waals surface area contributed by atoms with Crippen LogP contribution in [0.15, 0.2) is 18.2 Å². The van der Waals surface area contributed by atoms with Gasteiger partial charge in [-0.15, -0.1) is 0 Å². The van der Waals surface area contributed by atoms with Crippen LogP contribution >= 0.6 is 0 Å². The highest BCUT2D eigenvalue weighted by atomic mass is 19.1. The second-order valence-corrected chi connectivity index (χ2v) is 3.89. The zero-order valence-corrected chi connectivity index (χ0v) is 8.33. The van der Waals surface area contributed by atoms with Crippen molar-refractivity contribution in [2.45, 2.75) is 19.8 Å². The molecule has 1 aromatic heterocycles. The van der Waals surface area contributed by atoms with E-state index in [4.69, 9.17) is 0 Å². The quantitative estimate of drug-likeness (QED) is 0.745. The van der Waals surface area contributed by atoms with Gasteiger partial charge in [0.25, 0.3) is 0 Å². The number of anilines is 1. The molecule has 0 spiro atoms. The normalized spacial score (nSPS) is 24.7. The molecule has 0 amide bonds. The third kappa shape index (κ3) is 2.22. The van der Waals surface area contributed by atoms with Gasteiger partial charge in [-0.25, -0.2) is 4.98 Å². The van der Waals surface area contributed by atoms with Crippen LogP contribution in [-0.4, -0.2) is 11.5 Å². The Morgan fingerprint density at radius 1 is 1.50 bits per heavy atom. The van der Waals surface area contributed by atoms with Gasteiger partial charge in [0.15, 0.2) is 0 Å². The minimum Gasteiger partial charge on any atom is -0.370 e. The van der Waals surface area contributed by atoms with Crippen LogP contribution in [-0.2, 0) is 0 Å². The Kier molecular flexibility index (Phi) is 2.66. The zero-order valence-electron chi connectivity index (χ0n) is 8.33. The van der Waals surface area contributed by atoms with E-state index in [1.54, 1.807) is 12.1 Å². The van der Waals surface area contributed by atoms with E-state index in [1.807, 2.05) is 0 Å². The van der Waals surface area contributed by atoms with Gasteiger partial charge >= 0.3 is 0 Å². The molecule has 0 saturated heterocycles. The number of hydrogen-bond acceptors (Lipinski definition) is 2. The Bertz CT molecular complexity index is 314. The lowest BCUT2D eigenvalue weighted by atomic mass is 10.2. The predicted molar refractivity (Wildman–Crippen MR) is 54.6 cm³/mol. The summed E-state index contributed by atoms with van der Waals surface area (Å²) in [6.45, 7) is 3.14. The molecule has 2 nitrogen and oxygen atoms in total. The minimum atomic E-state index is -0.419. The third-order valence-corrected chi connectivity index (χ3v) is 2.85. The van der Waals surface area contributed by atoms with E-state index in [0.29, 0.717) is 5.82 Å². The maximum Gasteiger partial charge on any atom is 0.214 e. The lowest BCUT2D eigenvalue weighted by Gasteiger charge is -2.03. The minimum absolute atomic E-state index is 0.419. The fourth-order valence-electron chi connectivity index (χ4n) is 1.80. The molecule has 0 radical (unpaired) electrons. The standard InChI is InChI=1S/C11H15FN2/c1-2-8-6-9(8)7-13-11-5-3-4-10(12)14-11/h3-5,8-9H,2,6-7H2,1H3,(H,13,14)/t8-,9+/m1/s1. The summed E-state index contributed by atoms with van der Waals surface area (Å²) in [6.07, 6.45) is 2.56. The number of halogens is 1. The molecule has 0 unspecified atom stereocenters. The van der Waals surface area contributed by atoms with Crippen molar-refractivity contribution in [2.75, 3.05) is 11.9 Å². The van der Waals surface area contributed by atoms with Gasteiger partial charge in [-0.1, -0.05) is 19.4 Å². The van der Waals surface area contributed by atoms with Crippen molar-refractivity contribution in [3.8, 4) is 0 Å². The van der Waals surface area contributed by atoms with Crippen molar-refractivity contribution in [1.29, 1.82) is 0 Å². The van der Waals surface area contributed by atoms with Crippen LogP contribution in [0.5, 0.6) is 0 Å². The number of pyridine rings is 1. The number of hydrogen-bond donors (Lipinski definition) is 1. The molecule has 3 heteroatoms. The van der Waals surface area contributed by atoms with Crippen LogP contribution in [0.1, 0.15) is 19.8 Å². The van der Waals surface area contributed by atoms with Crippen molar-refractivity contribution < 1.29 is 4.39 Å². The fraction of sp³-hybridized carbons (Fsp3) is 0.545. The summed E-state index contributed by atoms with van der Waals surface area (Å²) in [4.78, 5) is 3.75. The molecule has 1 N–H and O–H groups in total. The van der Waals surface area contributed by atoms with Gasteiger partial charge in [0.2, 0.25) is 5.95 Å². The molecule has 1 saturated carbocycles. The van der Waals surface area contributed by atoms with E-state index < -0.39 is 5.95 Å². The molecule has 2 rings (SSSR count). The summed E-state index contributed by atoms with van der Waals surface area (Å²) < 4.78 is 12.7. The van der Waals surface area contributed by atoms with E-state index >= 15 is 0 Å². The molecule has 0 bridgehead atoms. The average molecular weight is 194 g/mol. The first-order valence-corrected chi connectivity index (χ1v) is 5.16. The molecule has 1 aliphatic rings. The Hall–Kier alpha value is -1.12. The monoisotopic (exact) mass is 194 g/mol. The average Bonchev–Trinajstić information content (AvgIpc) is 2.93. The van der Waals surface area contributed by atoms with Crippen LogP contribution < -0.4 is 5.32 Å². The first-order chi connectivity index (χ1) is 6.79. The van der Waals surface area contributed by atoms with Gasteiger partial charge in [-0.3, -0.25) is 0 Å². The maximum atomic E-state index is 12.7. The van der Waals surface area contributed by atoms with Crippen molar-refractivity contribution in [3.05, 3.63) is 24.1 Å². The van der Waals surface area contributed by atoms with Crippen LogP contribution in [0.3, 0.4) is 0 Å². The highest BCUT2D eigenvalue weighted by Crippen LogP contribution is 2.40. The van der Waals surface area contributed by atoms with E-state index in [0.717, 1.165) is 18.4 Å². The van der Waals surface area contributed by atoms with E-state index in [2.05, 4.69) is 17.2 Å². The van der Waals surface area contributed by atoms with Gasteiger partial charge in [0.1, 0.15) is 5.82 Å². The summed E-state index contributed by atoms with van der Waals surface area (Å²) in [5.74, 6) is 1.87. The van der Waals surface area contributed by atoms with Crippen LogP contribution in [0.4, 0.5) is 10.2 Å². The lowest BCUT2D eigenvalue weighted by Crippen LogP contribution is -2.06. The van der Waals surface area contributed by atoms with Gasteiger partial charge in [-0.05, 0) is 30.4 Å². The van der Waals surface area contributed by atoms with Crippen molar-refractivity contribution >= 4 is 5.82 Å². The Morgan fingerprint density at radius 2 is 2.36 bits per heavy atom. The smallest absolute Gasteiger partial charge is 0.214 e. The summed E-state index contributed by atoms with van der Waals surface area (Å²) >= 11 is 0. The van der Waals surface area contributed by atoms with Gasteiger partial charge in [-0.2, -0.15) is 4.39 Å². The van der Waals surface area contributed by atoms with Crippen LogP contribution in [0.25, 0.3) is 0 Å². The number of rotatable bonds is 4. The molecule has 76 valence electrons. The van der Waals surface area contributed by atoms with Crippen molar-refractivity contribution in [3.63, 3.8) is 0 Å². The largest absolute Gasteiger partial charge is 0.370 e. The van der Waals surface area contributed by atoms with Crippen molar-refractivity contribution in [1.82, 2.24) is 4.98 Å². The fourth-order valence-corrected chi connectivity index (χ4v) is 1.80. The maximum absolute atomic E-state index is 12.7. The molecule has 1 fully saturated rings. The van der Waals surface area contributed by atoms with E-state index in [1.165, 1.54) is 18.9 Å². The molecule has 1 heterocycles. The topological polar surface area (TPSA) is 24.9 Å². The highest BCUT2D eigenvalue weighted by molar-refractivity contribution is 5.33. The van der Waals surface area contributed by atoms with E-state index in [9.17, 15) is 4.39 Å². The number of aromatic nitrogens is 1. The van der Waals surface area contributed by atoms with Gasteiger partial charge in [0.05, 0.1) is 0 Å². The molecule has 2 atom stereocenters. The Labute approximate surface area is 83.6 Å². The molecular formula is C11H15FN2. The first-order valence-electron chi connectivity index (χ1n) is 5.16. The predicted octanol–water partition coefficient (Wildman–Crippen LogP) is 2.68. The zero-order chi connectivity index (χ0) is 9.97. The molecule has 1 aromatic rings. The second kappa shape index (κ2) is 3.95. The molecule has 0 aliphatic heterocycles. The Morgan fingerprint density at radius 3 is 3.00 bits per heavy atom. The summed E-state index contributed by atoms with van der Waals surface area (Å²) in [5.41, 5.74) is 0. The molecule has 0 aromatic carbocycles. The molecular weight excluding hydrogens is 179 g/mol. The highest BCUT2D eigenvalue weighted by Gasteiger charge is 2.34. The summed E-state index contributed by atoms with van der Waals surface area (Å²) in [5, 5.41) is 3.16. The first kappa shape index (κ1) is 9.44. The third-order valence-electron chi connectivity index (χ3n) is 2.85. The Balaban J connectivity index is 1.81. The van der Waals surface area contributed by atoms with Gasteiger partial charge < -0.3 is 5.32 Å². The summed E-state index contributed by atoms with van der Waals surface area (Å²) in [6, 6.07) is 4.83.